The topological polar surface area (TPSA) is 121 Å². The third kappa shape index (κ3) is 8.96. The molecule has 0 aliphatic heterocycles. The summed E-state index contributed by atoms with van der Waals surface area (Å²) in [6.07, 6.45) is 7.19. The van der Waals surface area contributed by atoms with Crippen LogP contribution in [0.5, 0.6) is 0 Å². The van der Waals surface area contributed by atoms with Crippen LogP contribution in [0.1, 0.15) is 80.6 Å². The molecule has 1 heterocycles. The van der Waals surface area contributed by atoms with Crippen LogP contribution in [0.25, 0.3) is 0 Å². The van der Waals surface area contributed by atoms with Gasteiger partial charge in [0, 0.05) is 37.3 Å². The first-order valence-corrected chi connectivity index (χ1v) is 13.9. The number of rotatable bonds is 11. The SMILES string of the molecule is CCCC(CCC)C(NC(C)=O)[C@@H]1[C@H](OC(=S)n2ccnc2)[C@@H](C(=O)OCC)C[C@H]1NC(=O)OC(C)(C)C. The van der Waals surface area contributed by atoms with E-state index in [1.807, 2.05) is 0 Å². The number of nitrogens with zero attached hydrogens (tertiary/aromatic N) is 2. The van der Waals surface area contributed by atoms with E-state index in [-0.39, 0.29) is 36.1 Å². The molecule has 2 rings (SSSR count). The Balaban J connectivity index is 2.58. The summed E-state index contributed by atoms with van der Waals surface area (Å²) in [5.74, 6) is -1.74. The zero-order valence-corrected chi connectivity index (χ0v) is 24.5. The zero-order valence-electron chi connectivity index (χ0n) is 23.7. The van der Waals surface area contributed by atoms with Crippen molar-refractivity contribution in [1.82, 2.24) is 20.2 Å². The Labute approximate surface area is 231 Å². The van der Waals surface area contributed by atoms with Gasteiger partial charge in [-0.15, -0.1) is 0 Å². The van der Waals surface area contributed by atoms with Crippen molar-refractivity contribution in [3.8, 4) is 0 Å². The van der Waals surface area contributed by atoms with E-state index in [0.29, 0.717) is 0 Å². The molecule has 1 unspecified atom stereocenters. The average molecular weight is 553 g/mol. The lowest BCUT2D eigenvalue weighted by Crippen LogP contribution is -2.55. The lowest BCUT2D eigenvalue weighted by atomic mass is 9.78. The van der Waals surface area contributed by atoms with Crippen LogP contribution in [0.4, 0.5) is 4.79 Å². The molecule has 1 aromatic rings. The van der Waals surface area contributed by atoms with Crippen molar-refractivity contribution in [2.24, 2.45) is 17.8 Å². The minimum absolute atomic E-state index is 0.0932. The second kappa shape index (κ2) is 14.5. The van der Waals surface area contributed by atoms with Crippen molar-refractivity contribution >= 4 is 35.4 Å². The van der Waals surface area contributed by atoms with E-state index in [1.54, 1.807) is 44.7 Å². The van der Waals surface area contributed by atoms with Crippen molar-refractivity contribution < 1.29 is 28.6 Å². The van der Waals surface area contributed by atoms with E-state index >= 15 is 0 Å². The Morgan fingerprint density at radius 2 is 1.82 bits per heavy atom. The summed E-state index contributed by atoms with van der Waals surface area (Å²) >= 11 is 5.56. The number of carbonyl (C=O) groups is 3. The Morgan fingerprint density at radius 3 is 2.32 bits per heavy atom. The highest BCUT2D eigenvalue weighted by Gasteiger charge is 2.54. The molecule has 2 amide bonds. The van der Waals surface area contributed by atoms with Gasteiger partial charge in [-0.3, -0.25) is 14.2 Å². The van der Waals surface area contributed by atoms with E-state index in [1.165, 1.54) is 13.3 Å². The molecule has 0 radical (unpaired) electrons. The number of aromatic nitrogens is 2. The number of imidazole rings is 1. The van der Waals surface area contributed by atoms with Gasteiger partial charge in [-0.05, 0) is 65.1 Å². The Kier molecular flexibility index (Phi) is 12.0. The monoisotopic (exact) mass is 552 g/mol. The van der Waals surface area contributed by atoms with Crippen molar-refractivity contribution in [3.63, 3.8) is 0 Å². The van der Waals surface area contributed by atoms with Gasteiger partial charge in [0.2, 0.25) is 5.91 Å². The highest BCUT2D eigenvalue weighted by atomic mass is 32.1. The van der Waals surface area contributed by atoms with E-state index in [0.717, 1.165) is 25.7 Å². The first-order chi connectivity index (χ1) is 17.9. The van der Waals surface area contributed by atoms with Gasteiger partial charge in [-0.1, -0.05) is 26.7 Å². The number of thiocarbonyl (C=S) groups is 1. The molecular formula is C27H44N4O6S. The van der Waals surface area contributed by atoms with Crippen LogP contribution in [-0.2, 0) is 23.8 Å². The predicted octanol–water partition coefficient (Wildman–Crippen LogP) is 4.21. The van der Waals surface area contributed by atoms with E-state index < -0.39 is 41.6 Å². The number of carbonyl (C=O) groups excluding carboxylic acids is 3. The number of hydrogen-bond donors (Lipinski definition) is 2. The molecule has 11 heteroatoms. The first-order valence-electron chi connectivity index (χ1n) is 13.5. The minimum Gasteiger partial charge on any atom is -0.466 e. The number of nitrogens with one attached hydrogen (secondary N) is 2. The number of alkyl carbamates (subject to hydrolysis) is 1. The molecule has 214 valence electrons. The highest BCUT2D eigenvalue weighted by Crippen LogP contribution is 2.41. The summed E-state index contributed by atoms with van der Waals surface area (Å²) in [5, 5.41) is 6.25. The number of esters is 1. The van der Waals surface area contributed by atoms with E-state index in [2.05, 4.69) is 29.5 Å². The van der Waals surface area contributed by atoms with Crippen LogP contribution in [0, 0.1) is 17.8 Å². The maximum Gasteiger partial charge on any atom is 0.407 e. The van der Waals surface area contributed by atoms with Crippen LogP contribution in [0.15, 0.2) is 18.7 Å². The minimum atomic E-state index is -0.767. The lowest BCUT2D eigenvalue weighted by molar-refractivity contribution is -0.151. The Bertz CT molecular complexity index is 926. The quantitative estimate of drug-likeness (QED) is 0.309. The fourth-order valence-electron chi connectivity index (χ4n) is 5.32. The van der Waals surface area contributed by atoms with Gasteiger partial charge in [0.1, 0.15) is 18.0 Å². The molecule has 0 spiro atoms. The molecule has 0 bridgehead atoms. The second-order valence-electron chi connectivity index (χ2n) is 10.8. The molecule has 1 aliphatic rings. The Hall–Kier alpha value is -2.69. The van der Waals surface area contributed by atoms with Crippen LogP contribution >= 0.6 is 12.2 Å². The molecule has 38 heavy (non-hydrogen) atoms. The third-order valence-corrected chi connectivity index (χ3v) is 6.91. The number of hydrogen-bond acceptors (Lipinski definition) is 8. The van der Waals surface area contributed by atoms with Crippen molar-refractivity contribution in [2.45, 2.75) is 104 Å². The number of ether oxygens (including phenoxy) is 3. The molecule has 0 saturated heterocycles. The second-order valence-corrected chi connectivity index (χ2v) is 11.2. The summed E-state index contributed by atoms with van der Waals surface area (Å²) in [7, 11) is 0. The standard InChI is InChI=1S/C27H44N4O6S/c1-8-11-18(12-9-2)22(29-17(4)32)21-20(30-25(34)37-27(5,6)7)15-19(24(33)35-10-3)23(21)36-26(38)31-14-13-28-16-31/h13-14,16,18-23H,8-12,15H2,1-7H3,(H,29,32)(H,30,34)/t19-,20+,21+,22?,23+/m0/s1. The van der Waals surface area contributed by atoms with Gasteiger partial charge in [0.25, 0.3) is 5.17 Å². The fraction of sp³-hybridized carbons (Fsp3) is 0.741. The summed E-state index contributed by atoms with van der Waals surface area (Å²) in [6.45, 7) is 13.0. The Morgan fingerprint density at radius 1 is 1.16 bits per heavy atom. The molecule has 1 saturated carbocycles. The highest BCUT2D eigenvalue weighted by molar-refractivity contribution is 7.80. The van der Waals surface area contributed by atoms with E-state index in [9.17, 15) is 14.4 Å². The van der Waals surface area contributed by atoms with Crippen LogP contribution in [0.2, 0.25) is 0 Å². The predicted molar refractivity (Wildman–Crippen MR) is 147 cm³/mol. The van der Waals surface area contributed by atoms with E-state index in [4.69, 9.17) is 26.4 Å². The largest absolute Gasteiger partial charge is 0.466 e. The molecule has 1 fully saturated rings. The summed E-state index contributed by atoms with van der Waals surface area (Å²) < 4.78 is 18.9. The van der Waals surface area contributed by atoms with Gasteiger partial charge in [-0.2, -0.15) is 0 Å². The molecule has 1 aromatic heterocycles. The summed E-state index contributed by atoms with van der Waals surface area (Å²) in [4.78, 5) is 42.6. The fourth-order valence-corrected chi connectivity index (χ4v) is 5.54. The third-order valence-electron chi connectivity index (χ3n) is 6.60. The van der Waals surface area contributed by atoms with Gasteiger partial charge < -0.3 is 24.8 Å². The average Bonchev–Trinajstić information content (AvgIpc) is 3.45. The molecular weight excluding hydrogens is 508 g/mol. The maximum absolute atomic E-state index is 13.2. The normalized spacial score (nSPS) is 22.0. The smallest absolute Gasteiger partial charge is 0.407 e. The number of amides is 2. The first kappa shape index (κ1) is 31.5. The van der Waals surface area contributed by atoms with Gasteiger partial charge in [-0.25, -0.2) is 9.78 Å². The molecule has 5 atom stereocenters. The van der Waals surface area contributed by atoms with Gasteiger partial charge >= 0.3 is 12.1 Å². The van der Waals surface area contributed by atoms with Crippen LogP contribution in [-0.4, -0.2) is 63.1 Å². The zero-order chi connectivity index (χ0) is 28.5. The van der Waals surface area contributed by atoms with Gasteiger partial charge in [0.05, 0.1) is 12.5 Å². The van der Waals surface area contributed by atoms with Gasteiger partial charge in [0.15, 0.2) is 0 Å². The van der Waals surface area contributed by atoms with Crippen molar-refractivity contribution in [1.29, 1.82) is 0 Å². The lowest BCUT2D eigenvalue weighted by Gasteiger charge is -2.38. The molecule has 10 nitrogen and oxygen atoms in total. The van der Waals surface area contributed by atoms with Crippen molar-refractivity contribution in [2.75, 3.05) is 6.61 Å². The molecule has 1 aliphatic carbocycles. The van der Waals surface area contributed by atoms with Crippen LogP contribution < -0.4 is 10.6 Å². The summed E-state index contributed by atoms with van der Waals surface area (Å²) in [6, 6.07) is -0.926. The molecule has 0 aromatic carbocycles. The van der Waals surface area contributed by atoms with Crippen molar-refractivity contribution in [3.05, 3.63) is 18.7 Å². The molecule has 2 N–H and O–H groups in total. The maximum atomic E-state index is 13.2. The summed E-state index contributed by atoms with van der Waals surface area (Å²) in [5.41, 5.74) is -0.707. The van der Waals surface area contributed by atoms with Crippen LogP contribution in [0.3, 0.4) is 0 Å².